The molecule has 2 aromatic rings. The number of aromatic nitrogens is 2. The minimum atomic E-state index is 0.215. The van der Waals surface area contributed by atoms with Gasteiger partial charge in [-0.1, -0.05) is 0 Å². The van der Waals surface area contributed by atoms with Crippen molar-refractivity contribution in [1.82, 2.24) is 9.97 Å². The molecule has 0 radical (unpaired) electrons. The van der Waals surface area contributed by atoms with E-state index < -0.39 is 0 Å². The Labute approximate surface area is 121 Å². The van der Waals surface area contributed by atoms with Crippen LogP contribution in [0.1, 0.15) is 5.69 Å². The number of hydrogen-bond donors (Lipinski definition) is 0. The van der Waals surface area contributed by atoms with Crippen molar-refractivity contribution < 1.29 is 18.9 Å². The molecule has 7 nitrogen and oxygen atoms in total. The summed E-state index contributed by atoms with van der Waals surface area (Å²) < 4.78 is 21.2. The highest BCUT2D eigenvalue weighted by atomic mass is 16.5. The van der Waals surface area contributed by atoms with Gasteiger partial charge in [0.25, 0.3) is 0 Å². The van der Waals surface area contributed by atoms with Gasteiger partial charge in [-0.25, -0.2) is 9.97 Å². The van der Waals surface area contributed by atoms with Crippen molar-refractivity contribution in [2.75, 3.05) is 21.3 Å². The minimum Gasteiger partial charge on any atom is -0.493 e. The fourth-order valence-corrected chi connectivity index (χ4v) is 1.66. The third kappa shape index (κ3) is 3.12. The summed E-state index contributed by atoms with van der Waals surface area (Å²) in [7, 11) is 4.55. The number of nitriles is 1. The Kier molecular flexibility index (Phi) is 4.41. The molecule has 0 bridgehead atoms. The van der Waals surface area contributed by atoms with E-state index in [0.717, 1.165) is 0 Å². The van der Waals surface area contributed by atoms with Crippen LogP contribution in [0.25, 0.3) is 0 Å². The monoisotopic (exact) mass is 287 g/mol. The first kappa shape index (κ1) is 14.4. The van der Waals surface area contributed by atoms with Crippen molar-refractivity contribution in [2.45, 2.75) is 0 Å². The van der Waals surface area contributed by atoms with E-state index in [2.05, 4.69) is 9.97 Å². The molecule has 2 rings (SSSR count). The maximum absolute atomic E-state index is 8.67. The van der Waals surface area contributed by atoms with Gasteiger partial charge in [0.15, 0.2) is 17.2 Å². The molecule has 7 heteroatoms. The summed E-state index contributed by atoms with van der Waals surface area (Å²) in [6.07, 6.45) is 2.69. The van der Waals surface area contributed by atoms with Crippen LogP contribution in [0.2, 0.25) is 0 Å². The van der Waals surface area contributed by atoms with Crippen molar-refractivity contribution in [3.63, 3.8) is 0 Å². The molecule has 0 amide bonds. The summed E-state index contributed by atoms with van der Waals surface area (Å²) in [4.78, 5) is 7.85. The second-order valence-corrected chi connectivity index (χ2v) is 3.81. The van der Waals surface area contributed by atoms with Crippen LogP contribution in [0.15, 0.2) is 24.5 Å². The Balaban J connectivity index is 2.33. The van der Waals surface area contributed by atoms with Crippen LogP contribution in [0, 0.1) is 11.3 Å². The summed E-state index contributed by atoms with van der Waals surface area (Å²) in [6.45, 7) is 0. The van der Waals surface area contributed by atoms with E-state index in [0.29, 0.717) is 23.0 Å². The van der Waals surface area contributed by atoms with Gasteiger partial charge < -0.3 is 18.9 Å². The summed E-state index contributed by atoms with van der Waals surface area (Å²) >= 11 is 0. The quantitative estimate of drug-likeness (QED) is 0.832. The number of ether oxygens (including phenoxy) is 4. The highest BCUT2D eigenvalue weighted by Crippen LogP contribution is 2.41. The smallest absolute Gasteiger partial charge is 0.237 e. The molecule has 0 saturated carbocycles. The number of hydrogen-bond acceptors (Lipinski definition) is 7. The molecule has 1 aromatic heterocycles. The Bertz CT molecular complexity index is 640. The first-order chi connectivity index (χ1) is 10.2. The van der Waals surface area contributed by atoms with Crippen LogP contribution in [0.5, 0.6) is 28.9 Å². The third-order valence-electron chi connectivity index (χ3n) is 2.60. The molecule has 0 unspecified atom stereocenters. The van der Waals surface area contributed by atoms with Crippen molar-refractivity contribution in [1.29, 1.82) is 5.26 Å². The molecule has 0 fully saturated rings. The zero-order valence-corrected chi connectivity index (χ0v) is 11.8. The second kappa shape index (κ2) is 6.43. The van der Waals surface area contributed by atoms with Crippen LogP contribution in [-0.4, -0.2) is 31.3 Å². The number of rotatable bonds is 5. The largest absolute Gasteiger partial charge is 0.493 e. The van der Waals surface area contributed by atoms with Crippen molar-refractivity contribution >= 4 is 0 Å². The van der Waals surface area contributed by atoms with E-state index in [1.807, 2.05) is 6.07 Å². The highest BCUT2D eigenvalue weighted by molar-refractivity contribution is 5.56. The van der Waals surface area contributed by atoms with Crippen LogP contribution in [-0.2, 0) is 0 Å². The van der Waals surface area contributed by atoms with Gasteiger partial charge in [0.1, 0.15) is 11.8 Å². The average Bonchev–Trinajstić information content (AvgIpc) is 2.54. The number of benzene rings is 1. The SMILES string of the molecule is COc1cc(Oc2cnc(C#N)cn2)cc(OC)c1OC. The molecular weight excluding hydrogens is 274 g/mol. The Morgan fingerprint density at radius 1 is 0.952 bits per heavy atom. The Morgan fingerprint density at radius 3 is 2.05 bits per heavy atom. The molecule has 21 heavy (non-hydrogen) atoms. The molecule has 108 valence electrons. The van der Waals surface area contributed by atoms with E-state index in [9.17, 15) is 0 Å². The zero-order valence-electron chi connectivity index (χ0n) is 11.8. The van der Waals surface area contributed by atoms with E-state index in [-0.39, 0.29) is 11.6 Å². The molecule has 0 saturated heterocycles. The first-order valence-corrected chi connectivity index (χ1v) is 5.91. The lowest BCUT2D eigenvalue weighted by atomic mass is 10.2. The first-order valence-electron chi connectivity index (χ1n) is 5.91. The van der Waals surface area contributed by atoms with Gasteiger partial charge in [0, 0.05) is 12.1 Å². The van der Waals surface area contributed by atoms with Crippen LogP contribution in [0.3, 0.4) is 0 Å². The normalized spacial score (nSPS) is 9.62. The van der Waals surface area contributed by atoms with Crippen molar-refractivity contribution in [3.05, 3.63) is 30.2 Å². The third-order valence-corrected chi connectivity index (χ3v) is 2.60. The summed E-state index contributed by atoms with van der Waals surface area (Å²) in [5.41, 5.74) is 0.215. The Morgan fingerprint density at radius 2 is 1.62 bits per heavy atom. The summed E-state index contributed by atoms with van der Waals surface area (Å²) in [5.74, 6) is 2.10. The van der Waals surface area contributed by atoms with E-state index in [1.54, 1.807) is 12.1 Å². The highest BCUT2D eigenvalue weighted by Gasteiger charge is 2.14. The van der Waals surface area contributed by atoms with Gasteiger partial charge in [0.2, 0.25) is 11.6 Å². The fourth-order valence-electron chi connectivity index (χ4n) is 1.66. The lowest BCUT2D eigenvalue weighted by Gasteiger charge is -2.14. The second-order valence-electron chi connectivity index (χ2n) is 3.81. The Hall–Kier alpha value is -3.01. The molecule has 1 heterocycles. The molecule has 0 aliphatic heterocycles. The molecule has 1 aromatic carbocycles. The molecule has 0 atom stereocenters. The number of nitrogens with zero attached hydrogens (tertiary/aromatic N) is 3. The molecule has 0 spiro atoms. The van der Waals surface area contributed by atoms with Gasteiger partial charge in [-0.15, -0.1) is 0 Å². The predicted octanol–water partition coefficient (Wildman–Crippen LogP) is 2.17. The van der Waals surface area contributed by atoms with Gasteiger partial charge in [0.05, 0.1) is 33.7 Å². The predicted molar refractivity (Wildman–Crippen MR) is 72.9 cm³/mol. The van der Waals surface area contributed by atoms with E-state index in [4.69, 9.17) is 24.2 Å². The van der Waals surface area contributed by atoms with Crippen LogP contribution < -0.4 is 18.9 Å². The fraction of sp³-hybridized carbons (Fsp3) is 0.214. The van der Waals surface area contributed by atoms with E-state index in [1.165, 1.54) is 33.7 Å². The topological polar surface area (TPSA) is 86.5 Å². The maximum atomic E-state index is 8.67. The molecule has 0 N–H and O–H groups in total. The van der Waals surface area contributed by atoms with Crippen molar-refractivity contribution in [2.24, 2.45) is 0 Å². The molecule has 0 aliphatic rings. The minimum absolute atomic E-state index is 0.215. The standard InChI is InChI=1S/C14H13N3O4/c1-18-11-4-10(5-12(19-2)14(11)20-3)21-13-8-16-9(6-15)7-17-13/h4-5,7-8H,1-3H3. The van der Waals surface area contributed by atoms with Gasteiger partial charge in [-0.05, 0) is 0 Å². The average molecular weight is 287 g/mol. The van der Waals surface area contributed by atoms with Crippen LogP contribution >= 0.6 is 0 Å². The zero-order chi connectivity index (χ0) is 15.2. The lowest BCUT2D eigenvalue weighted by molar-refractivity contribution is 0.320. The maximum Gasteiger partial charge on any atom is 0.237 e. The van der Waals surface area contributed by atoms with Gasteiger partial charge in [-0.3, -0.25) is 0 Å². The number of methoxy groups -OCH3 is 3. The van der Waals surface area contributed by atoms with Gasteiger partial charge >= 0.3 is 0 Å². The molecular formula is C14H13N3O4. The summed E-state index contributed by atoms with van der Waals surface area (Å²) in [6, 6.07) is 5.16. The summed E-state index contributed by atoms with van der Waals surface area (Å²) in [5, 5.41) is 8.67. The van der Waals surface area contributed by atoms with Gasteiger partial charge in [-0.2, -0.15) is 5.26 Å². The van der Waals surface area contributed by atoms with E-state index >= 15 is 0 Å². The van der Waals surface area contributed by atoms with Crippen molar-refractivity contribution in [3.8, 4) is 34.9 Å². The lowest BCUT2D eigenvalue weighted by Crippen LogP contribution is -1.97. The van der Waals surface area contributed by atoms with Crippen LogP contribution in [0.4, 0.5) is 0 Å². The molecule has 0 aliphatic carbocycles.